The summed E-state index contributed by atoms with van der Waals surface area (Å²) < 4.78 is 6.71. The van der Waals surface area contributed by atoms with Gasteiger partial charge < -0.3 is 10.5 Å². The summed E-state index contributed by atoms with van der Waals surface area (Å²) in [7, 11) is 3.30. The quantitative estimate of drug-likeness (QED) is 0.865. The maximum absolute atomic E-state index is 6.09. The molecule has 0 bridgehead atoms. The van der Waals surface area contributed by atoms with E-state index in [2.05, 4.69) is 10.1 Å². The molecular weight excluding hydrogens is 228 g/mol. The number of ether oxygens (including phenoxy) is 1. The second-order valence-electron chi connectivity index (χ2n) is 3.26. The van der Waals surface area contributed by atoms with Crippen molar-refractivity contribution in [3.8, 4) is 17.1 Å². The standard InChI is InChI=1S/C10H11ClN4O/c1-15-8(12)5-7(14-15)9-6(11)3-4-13-10(9)16-2/h3-5H,12H2,1-2H3. The van der Waals surface area contributed by atoms with E-state index in [-0.39, 0.29) is 0 Å². The third kappa shape index (κ3) is 1.69. The van der Waals surface area contributed by atoms with Crippen molar-refractivity contribution in [3.05, 3.63) is 23.4 Å². The minimum absolute atomic E-state index is 0.436. The highest BCUT2D eigenvalue weighted by molar-refractivity contribution is 6.33. The number of nitrogen functional groups attached to an aromatic ring is 1. The van der Waals surface area contributed by atoms with Crippen LogP contribution in [0.3, 0.4) is 0 Å². The molecular formula is C10H11ClN4O. The van der Waals surface area contributed by atoms with E-state index >= 15 is 0 Å². The summed E-state index contributed by atoms with van der Waals surface area (Å²) in [6.07, 6.45) is 1.58. The van der Waals surface area contributed by atoms with Crippen LogP contribution < -0.4 is 10.5 Å². The molecule has 0 unspecified atom stereocenters. The molecule has 0 saturated carbocycles. The van der Waals surface area contributed by atoms with E-state index < -0.39 is 0 Å². The number of anilines is 1. The molecule has 0 aliphatic heterocycles. The first kappa shape index (κ1) is 10.8. The molecule has 0 fully saturated rings. The van der Waals surface area contributed by atoms with E-state index in [1.165, 1.54) is 7.11 Å². The Morgan fingerprint density at radius 2 is 2.25 bits per heavy atom. The monoisotopic (exact) mass is 238 g/mol. The Morgan fingerprint density at radius 1 is 1.50 bits per heavy atom. The van der Waals surface area contributed by atoms with Crippen LogP contribution in [0.4, 0.5) is 5.82 Å². The van der Waals surface area contributed by atoms with Gasteiger partial charge in [0.1, 0.15) is 11.5 Å². The number of nitrogens with zero attached hydrogens (tertiary/aromatic N) is 3. The van der Waals surface area contributed by atoms with E-state index in [1.54, 1.807) is 30.1 Å². The highest BCUT2D eigenvalue weighted by Gasteiger charge is 2.15. The fourth-order valence-corrected chi connectivity index (χ4v) is 1.64. The van der Waals surface area contributed by atoms with E-state index in [0.29, 0.717) is 28.0 Å². The van der Waals surface area contributed by atoms with Gasteiger partial charge in [0, 0.05) is 19.3 Å². The maximum atomic E-state index is 6.09. The van der Waals surface area contributed by atoms with Crippen LogP contribution in [0, 0.1) is 0 Å². The summed E-state index contributed by atoms with van der Waals surface area (Å²) >= 11 is 6.09. The highest BCUT2D eigenvalue weighted by Crippen LogP contribution is 2.34. The average molecular weight is 239 g/mol. The fourth-order valence-electron chi connectivity index (χ4n) is 1.41. The molecule has 0 saturated heterocycles. The first-order valence-corrected chi connectivity index (χ1v) is 4.99. The van der Waals surface area contributed by atoms with Crippen molar-refractivity contribution >= 4 is 17.4 Å². The second kappa shape index (κ2) is 4.02. The molecule has 2 heterocycles. The van der Waals surface area contributed by atoms with E-state index in [4.69, 9.17) is 22.1 Å². The predicted molar refractivity (Wildman–Crippen MR) is 62.4 cm³/mol. The molecule has 0 radical (unpaired) electrons. The Labute approximate surface area is 97.8 Å². The molecule has 16 heavy (non-hydrogen) atoms. The lowest BCUT2D eigenvalue weighted by Crippen LogP contribution is -1.97. The number of halogens is 1. The number of hydrogen-bond acceptors (Lipinski definition) is 4. The molecule has 0 aliphatic carbocycles. The third-order valence-corrected chi connectivity index (χ3v) is 2.55. The summed E-state index contributed by atoms with van der Waals surface area (Å²) in [5, 5.41) is 4.77. The Morgan fingerprint density at radius 3 is 2.81 bits per heavy atom. The zero-order chi connectivity index (χ0) is 11.7. The molecule has 0 spiro atoms. The summed E-state index contributed by atoms with van der Waals surface area (Å²) in [5.74, 6) is 0.988. The van der Waals surface area contributed by atoms with Gasteiger partial charge in [-0.25, -0.2) is 4.98 Å². The van der Waals surface area contributed by atoms with Crippen molar-refractivity contribution in [3.63, 3.8) is 0 Å². The van der Waals surface area contributed by atoms with Crippen LogP contribution in [0.5, 0.6) is 5.88 Å². The Kier molecular flexibility index (Phi) is 2.70. The Hall–Kier alpha value is -1.75. The molecule has 2 aromatic rings. The minimum atomic E-state index is 0.436. The first-order valence-electron chi connectivity index (χ1n) is 4.62. The number of rotatable bonds is 2. The molecule has 2 rings (SSSR count). The van der Waals surface area contributed by atoms with Crippen LogP contribution in [-0.4, -0.2) is 21.9 Å². The zero-order valence-electron chi connectivity index (χ0n) is 8.94. The normalized spacial score (nSPS) is 10.4. The van der Waals surface area contributed by atoms with Crippen molar-refractivity contribution in [2.24, 2.45) is 7.05 Å². The minimum Gasteiger partial charge on any atom is -0.480 e. The average Bonchev–Trinajstić information content (AvgIpc) is 2.58. The first-order chi connectivity index (χ1) is 7.63. The SMILES string of the molecule is COc1nccc(Cl)c1-c1cc(N)n(C)n1. The molecule has 5 nitrogen and oxygen atoms in total. The molecule has 2 N–H and O–H groups in total. The number of nitrogens with two attached hydrogens (primary N) is 1. The van der Waals surface area contributed by atoms with Gasteiger partial charge in [0.15, 0.2) is 0 Å². The van der Waals surface area contributed by atoms with Crippen molar-refractivity contribution in [2.75, 3.05) is 12.8 Å². The van der Waals surface area contributed by atoms with Gasteiger partial charge in [0.05, 0.1) is 17.7 Å². The van der Waals surface area contributed by atoms with Gasteiger partial charge in [-0.1, -0.05) is 11.6 Å². The van der Waals surface area contributed by atoms with Crippen LogP contribution >= 0.6 is 11.6 Å². The third-order valence-electron chi connectivity index (χ3n) is 2.23. The van der Waals surface area contributed by atoms with Crippen LogP contribution in [0.15, 0.2) is 18.3 Å². The van der Waals surface area contributed by atoms with Crippen LogP contribution in [0.25, 0.3) is 11.3 Å². The zero-order valence-corrected chi connectivity index (χ0v) is 9.69. The Balaban J connectivity index is 2.62. The molecule has 6 heteroatoms. The lowest BCUT2D eigenvalue weighted by molar-refractivity contribution is 0.399. The molecule has 2 aromatic heterocycles. The maximum Gasteiger partial charge on any atom is 0.224 e. The number of pyridine rings is 1. The lowest BCUT2D eigenvalue weighted by Gasteiger charge is -2.05. The van der Waals surface area contributed by atoms with Gasteiger partial charge >= 0.3 is 0 Å². The Bertz CT molecular complexity index is 504. The molecule has 84 valence electrons. The van der Waals surface area contributed by atoms with Gasteiger partial charge in [-0.05, 0) is 6.07 Å². The summed E-state index contributed by atoms with van der Waals surface area (Å²) in [6.45, 7) is 0. The molecule has 0 aromatic carbocycles. The van der Waals surface area contributed by atoms with Crippen molar-refractivity contribution in [1.29, 1.82) is 0 Å². The molecule has 0 aliphatic rings. The van der Waals surface area contributed by atoms with Crippen molar-refractivity contribution < 1.29 is 4.74 Å². The number of hydrogen-bond donors (Lipinski definition) is 1. The molecule has 0 amide bonds. The van der Waals surface area contributed by atoms with Crippen LogP contribution in [0.1, 0.15) is 0 Å². The van der Waals surface area contributed by atoms with Gasteiger partial charge in [0.25, 0.3) is 0 Å². The van der Waals surface area contributed by atoms with E-state index in [9.17, 15) is 0 Å². The fraction of sp³-hybridized carbons (Fsp3) is 0.200. The van der Waals surface area contributed by atoms with Gasteiger partial charge in [-0.3, -0.25) is 4.68 Å². The topological polar surface area (TPSA) is 66.0 Å². The van der Waals surface area contributed by atoms with Crippen molar-refractivity contribution in [1.82, 2.24) is 14.8 Å². The van der Waals surface area contributed by atoms with Gasteiger partial charge in [-0.2, -0.15) is 5.10 Å². The number of methoxy groups -OCH3 is 1. The summed E-state index contributed by atoms with van der Waals surface area (Å²) in [4.78, 5) is 4.08. The predicted octanol–water partition coefficient (Wildman–Crippen LogP) is 1.73. The lowest BCUT2D eigenvalue weighted by atomic mass is 10.2. The largest absolute Gasteiger partial charge is 0.480 e. The van der Waals surface area contributed by atoms with Gasteiger partial charge in [0.2, 0.25) is 5.88 Å². The smallest absolute Gasteiger partial charge is 0.224 e. The second-order valence-corrected chi connectivity index (χ2v) is 3.66. The van der Waals surface area contributed by atoms with Gasteiger partial charge in [-0.15, -0.1) is 0 Å². The number of aryl methyl sites for hydroxylation is 1. The van der Waals surface area contributed by atoms with E-state index in [1.807, 2.05) is 0 Å². The van der Waals surface area contributed by atoms with Crippen molar-refractivity contribution in [2.45, 2.75) is 0 Å². The van der Waals surface area contributed by atoms with E-state index in [0.717, 1.165) is 0 Å². The van der Waals surface area contributed by atoms with Crippen LogP contribution in [0.2, 0.25) is 5.02 Å². The highest BCUT2D eigenvalue weighted by atomic mass is 35.5. The number of aromatic nitrogens is 3. The summed E-state index contributed by atoms with van der Waals surface area (Å²) in [5.41, 5.74) is 7.02. The summed E-state index contributed by atoms with van der Waals surface area (Å²) in [6, 6.07) is 3.41. The molecule has 0 atom stereocenters. The van der Waals surface area contributed by atoms with Crippen LogP contribution in [-0.2, 0) is 7.05 Å².